The second-order valence-corrected chi connectivity index (χ2v) is 3.41. The number of carboxylic acid groups (broad SMARTS) is 1. The van der Waals surface area contributed by atoms with Crippen LogP contribution in [0.1, 0.15) is 12.8 Å². The number of hydrogen-bond acceptors (Lipinski definition) is 2. The second-order valence-electron chi connectivity index (χ2n) is 2.24. The molecular formula is C5H8NO2PS. The lowest BCUT2D eigenvalue weighted by atomic mass is 10.2. The molecule has 1 rings (SSSR count). The molecule has 0 amide bonds. The van der Waals surface area contributed by atoms with Gasteiger partial charge >= 0.3 is 5.97 Å². The second kappa shape index (κ2) is 3.37. The Morgan fingerprint density at radius 3 is 2.90 bits per heavy atom. The first-order valence-corrected chi connectivity index (χ1v) is 4.94. The van der Waals surface area contributed by atoms with E-state index < -0.39 is 5.97 Å². The summed E-state index contributed by atoms with van der Waals surface area (Å²) >= 11 is 4.74. The third-order valence-corrected chi connectivity index (χ3v) is 2.93. The summed E-state index contributed by atoms with van der Waals surface area (Å²) < 4.78 is 1.79. The molecule has 0 aliphatic carbocycles. The molecule has 56 valence electrons. The normalized spacial score (nSPS) is 27.4. The smallest absolute Gasteiger partial charge is 0.321 e. The highest BCUT2D eigenvalue weighted by Crippen LogP contribution is 2.23. The van der Waals surface area contributed by atoms with Crippen LogP contribution in [0.25, 0.3) is 0 Å². The summed E-state index contributed by atoms with van der Waals surface area (Å²) in [5, 5.41) is 8.62. The van der Waals surface area contributed by atoms with Gasteiger partial charge in [0.1, 0.15) is 6.04 Å². The van der Waals surface area contributed by atoms with Crippen molar-refractivity contribution in [3.8, 4) is 0 Å². The van der Waals surface area contributed by atoms with Crippen molar-refractivity contribution in [2.75, 3.05) is 6.54 Å². The van der Waals surface area contributed by atoms with E-state index in [0.717, 1.165) is 19.4 Å². The van der Waals surface area contributed by atoms with Gasteiger partial charge in [0.15, 0.2) is 0 Å². The molecular weight excluding hydrogens is 169 g/mol. The van der Waals surface area contributed by atoms with Crippen molar-refractivity contribution in [1.29, 1.82) is 0 Å². The molecule has 3 nitrogen and oxygen atoms in total. The predicted molar refractivity (Wildman–Crippen MR) is 41.6 cm³/mol. The van der Waals surface area contributed by atoms with E-state index >= 15 is 0 Å². The third-order valence-electron chi connectivity index (χ3n) is 1.61. The van der Waals surface area contributed by atoms with Crippen LogP contribution in [0, 0.1) is 0 Å². The Morgan fingerprint density at radius 2 is 2.50 bits per heavy atom. The molecule has 1 atom stereocenters. The molecule has 0 aromatic carbocycles. The summed E-state index contributed by atoms with van der Waals surface area (Å²) in [5.41, 5.74) is 0. The summed E-state index contributed by atoms with van der Waals surface area (Å²) in [4.78, 5) is 10.5. The molecule has 1 aliphatic rings. The monoisotopic (exact) mass is 177 g/mol. The van der Waals surface area contributed by atoms with Gasteiger partial charge in [-0.05, 0) is 24.6 Å². The Balaban J connectivity index is 2.58. The van der Waals surface area contributed by atoms with Gasteiger partial charge < -0.3 is 5.11 Å². The lowest BCUT2D eigenvalue weighted by Crippen LogP contribution is -2.28. The van der Waals surface area contributed by atoms with E-state index in [9.17, 15) is 4.79 Å². The van der Waals surface area contributed by atoms with Crippen LogP contribution in [0.3, 0.4) is 0 Å². The molecule has 1 heterocycles. The van der Waals surface area contributed by atoms with Crippen molar-refractivity contribution in [1.82, 2.24) is 4.67 Å². The van der Waals surface area contributed by atoms with Gasteiger partial charge in [-0.15, -0.1) is 0 Å². The zero-order valence-electron chi connectivity index (χ0n) is 5.36. The maximum Gasteiger partial charge on any atom is 0.321 e. The van der Waals surface area contributed by atoms with Crippen molar-refractivity contribution in [2.24, 2.45) is 0 Å². The predicted octanol–water partition coefficient (Wildman–Crippen LogP) is 0.858. The van der Waals surface area contributed by atoms with Crippen LogP contribution in [0.15, 0.2) is 0 Å². The lowest BCUT2D eigenvalue weighted by molar-refractivity contribution is -0.140. The molecule has 1 aliphatic heterocycles. The van der Waals surface area contributed by atoms with Crippen molar-refractivity contribution in [3.05, 3.63) is 0 Å². The Hall–Kier alpha value is -0.0500. The summed E-state index contributed by atoms with van der Waals surface area (Å²) in [6.45, 7) is 0.835. The highest BCUT2D eigenvalue weighted by Gasteiger charge is 2.29. The topological polar surface area (TPSA) is 40.5 Å². The van der Waals surface area contributed by atoms with E-state index in [2.05, 4.69) is 0 Å². The van der Waals surface area contributed by atoms with Gasteiger partial charge in [0.25, 0.3) is 0 Å². The maximum atomic E-state index is 10.5. The van der Waals surface area contributed by atoms with E-state index in [4.69, 9.17) is 16.9 Å². The van der Waals surface area contributed by atoms with Gasteiger partial charge in [0.05, 0.1) is 7.51 Å². The first-order valence-electron chi connectivity index (χ1n) is 3.08. The zero-order valence-corrected chi connectivity index (χ0v) is 7.07. The highest BCUT2D eigenvalue weighted by molar-refractivity contribution is 7.95. The van der Waals surface area contributed by atoms with Gasteiger partial charge in [0.2, 0.25) is 0 Å². The van der Waals surface area contributed by atoms with Gasteiger partial charge in [-0.25, -0.2) is 4.67 Å². The highest BCUT2D eigenvalue weighted by atomic mass is 32.4. The van der Waals surface area contributed by atoms with Crippen molar-refractivity contribution in [3.63, 3.8) is 0 Å². The van der Waals surface area contributed by atoms with E-state index in [1.165, 1.54) is 0 Å². The van der Waals surface area contributed by atoms with Gasteiger partial charge in [-0.2, -0.15) is 0 Å². The molecule has 0 aromatic rings. The number of rotatable bonds is 2. The molecule has 0 aromatic heterocycles. The van der Waals surface area contributed by atoms with Crippen LogP contribution in [-0.4, -0.2) is 28.3 Å². The summed E-state index contributed by atoms with van der Waals surface area (Å²) in [6, 6.07) is -0.320. The molecule has 1 N–H and O–H groups in total. The van der Waals surface area contributed by atoms with Crippen LogP contribution in [-0.2, 0) is 16.6 Å². The fourth-order valence-electron chi connectivity index (χ4n) is 1.10. The fourth-order valence-corrected chi connectivity index (χ4v) is 2.24. The SMILES string of the molecule is O=C(O)C1CCCN1P=S. The van der Waals surface area contributed by atoms with E-state index in [1.807, 2.05) is 0 Å². The standard InChI is InChI=1S/C5H8NO2PS/c7-5(8)4-2-1-3-6(4)9-10/h4H,1-3H2,(H,7,8). The summed E-state index contributed by atoms with van der Waals surface area (Å²) in [7, 11) is 0.663. The average Bonchev–Trinajstić information content (AvgIpc) is 2.33. The Morgan fingerprint density at radius 1 is 1.80 bits per heavy atom. The van der Waals surface area contributed by atoms with Crippen molar-refractivity contribution in [2.45, 2.75) is 18.9 Å². The minimum Gasteiger partial charge on any atom is -0.480 e. The van der Waals surface area contributed by atoms with Gasteiger partial charge in [-0.1, -0.05) is 0 Å². The molecule has 0 radical (unpaired) electrons. The minimum atomic E-state index is -0.741. The number of carbonyl (C=O) groups is 1. The first-order chi connectivity index (χ1) is 4.75. The molecule has 0 bridgehead atoms. The zero-order chi connectivity index (χ0) is 7.56. The Kier molecular flexibility index (Phi) is 2.72. The molecule has 1 fully saturated rings. The first kappa shape index (κ1) is 8.05. The molecule has 1 saturated heterocycles. The molecule has 0 spiro atoms. The van der Waals surface area contributed by atoms with E-state index in [0.29, 0.717) is 7.51 Å². The number of nitrogens with zero attached hydrogens (tertiary/aromatic N) is 1. The molecule has 1 unspecified atom stereocenters. The van der Waals surface area contributed by atoms with Crippen molar-refractivity contribution < 1.29 is 9.90 Å². The number of carboxylic acids is 1. The number of hydrogen-bond donors (Lipinski definition) is 1. The Bertz CT molecular complexity index is 164. The third kappa shape index (κ3) is 1.51. The largest absolute Gasteiger partial charge is 0.480 e. The van der Waals surface area contributed by atoms with Crippen LogP contribution in [0.5, 0.6) is 0 Å². The van der Waals surface area contributed by atoms with Crippen LogP contribution < -0.4 is 0 Å². The number of aliphatic carboxylic acids is 1. The van der Waals surface area contributed by atoms with Crippen LogP contribution in [0.2, 0.25) is 0 Å². The van der Waals surface area contributed by atoms with Gasteiger partial charge in [-0.3, -0.25) is 4.79 Å². The maximum absolute atomic E-state index is 10.5. The fraction of sp³-hybridized carbons (Fsp3) is 0.800. The van der Waals surface area contributed by atoms with E-state index in [-0.39, 0.29) is 6.04 Å². The quantitative estimate of drug-likeness (QED) is 0.635. The average molecular weight is 177 g/mol. The molecule has 10 heavy (non-hydrogen) atoms. The summed E-state index contributed by atoms with van der Waals surface area (Å²) in [5.74, 6) is -0.741. The Labute approximate surface area is 65.9 Å². The van der Waals surface area contributed by atoms with Gasteiger partial charge in [0, 0.05) is 6.54 Å². The van der Waals surface area contributed by atoms with Crippen LogP contribution in [0.4, 0.5) is 0 Å². The molecule has 5 heteroatoms. The van der Waals surface area contributed by atoms with E-state index in [1.54, 1.807) is 4.67 Å². The molecule has 0 saturated carbocycles. The van der Waals surface area contributed by atoms with Crippen molar-refractivity contribution >= 4 is 25.3 Å². The van der Waals surface area contributed by atoms with Crippen LogP contribution >= 0.6 is 7.51 Å². The minimum absolute atomic E-state index is 0.320. The lowest BCUT2D eigenvalue weighted by Gasteiger charge is -2.12. The summed E-state index contributed by atoms with van der Waals surface area (Å²) in [6.07, 6.45) is 1.71.